The van der Waals surface area contributed by atoms with E-state index >= 15 is 0 Å². The topological polar surface area (TPSA) is 76.5 Å². The van der Waals surface area contributed by atoms with E-state index in [1.165, 1.54) is 23.1 Å². The molecular formula is C29H25Cl2FN4O3. The van der Waals surface area contributed by atoms with Gasteiger partial charge in [-0.05, 0) is 55.3 Å². The molecule has 3 aromatic carbocycles. The number of nitrogens with one attached hydrogen (secondary N) is 1. The number of anilines is 1. The molecular weight excluding hydrogens is 542 g/mol. The summed E-state index contributed by atoms with van der Waals surface area (Å²) in [5, 5.41) is 3.93. The Hall–Kier alpha value is -3.72. The van der Waals surface area contributed by atoms with E-state index in [4.69, 9.17) is 27.9 Å². The Morgan fingerprint density at radius 2 is 1.85 bits per heavy atom. The molecule has 1 fully saturated rings. The van der Waals surface area contributed by atoms with E-state index in [1.807, 2.05) is 18.2 Å². The van der Waals surface area contributed by atoms with E-state index < -0.39 is 17.6 Å². The summed E-state index contributed by atoms with van der Waals surface area (Å²) in [6, 6.07) is 20.0. The second kappa shape index (κ2) is 12.0. The number of benzene rings is 3. The summed E-state index contributed by atoms with van der Waals surface area (Å²) in [6.45, 7) is 0.439. The van der Waals surface area contributed by atoms with Gasteiger partial charge in [0.1, 0.15) is 12.4 Å². The van der Waals surface area contributed by atoms with Crippen LogP contribution in [0.5, 0.6) is 0 Å². The first kappa shape index (κ1) is 26.9. The van der Waals surface area contributed by atoms with E-state index in [-0.39, 0.29) is 30.7 Å². The van der Waals surface area contributed by atoms with Gasteiger partial charge in [0.15, 0.2) is 0 Å². The van der Waals surface area contributed by atoms with Crippen LogP contribution < -0.4 is 5.32 Å². The van der Waals surface area contributed by atoms with Gasteiger partial charge in [0.05, 0.1) is 17.4 Å². The molecule has 0 saturated carbocycles. The van der Waals surface area contributed by atoms with Crippen molar-refractivity contribution in [3.05, 3.63) is 100 Å². The lowest BCUT2D eigenvalue weighted by atomic mass is 10.1. The number of rotatable bonds is 8. The zero-order chi connectivity index (χ0) is 27.4. The molecule has 1 aliphatic rings. The number of carbonyl (C=O) groups excluding carboxylic acids is 2. The van der Waals surface area contributed by atoms with E-state index in [0.29, 0.717) is 28.0 Å². The fourth-order valence-corrected chi connectivity index (χ4v) is 4.76. The first-order valence-corrected chi connectivity index (χ1v) is 13.2. The molecule has 200 valence electrons. The van der Waals surface area contributed by atoms with Crippen LogP contribution in [0.4, 0.5) is 10.3 Å². The minimum atomic E-state index is -0.649. The van der Waals surface area contributed by atoms with Crippen molar-refractivity contribution in [1.82, 2.24) is 14.5 Å². The van der Waals surface area contributed by atoms with Gasteiger partial charge in [-0.25, -0.2) is 9.37 Å². The maximum absolute atomic E-state index is 14.4. The van der Waals surface area contributed by atoms with Crippen LogP contribution in [0, 0.1) is 5.82 Å². The normalized spacial score (nSPS) is 14.8. The van der Waals surface area contributed by atoms with Crippen LogP contribution in [0.2, 0.25) is 10.0 Å². The van der Waals surface area contributed by atoms with Crippen LogP contribution in [-0.2, 0) is 9.53 Å². The molecule has 2 heterocycles. The van der Waals surface area contributed by atoms with Gasteiger partial charge in [0.25, 0.3) is 5.91 Å². The summed E-state index contributed by atoms with van der Waals surface area (Å²) in [5.74, 6) is -1.49. The van der Waals surface area contributed by atoms with Crippen LogP contribution in [-0.4, -0.2) is 52.1 Å². The number of imidazole rings is 1. The molecule has 0 aliphatic carbocycles. The Morgan fingerprint density at radius 1 is 1.05 bits per heavy atom. The molecule has 10 heteroatoms. The lowest BCUT2D eigenvalue weighted by Gasteiger charge is -2.25. The number of carbonyl (C=O) groups is 2. The Morgan fingerprint density at radius 3 is 2.56 bits per heavy atom. The number of amides is 2. The standard InChI is InChI=1S/C29H25Cl2FN4O3/c30-20-12-10-19(11-13-20)26-17-36(22-6-3-5-21(31)15-22)29(33-26)34-27(37)18-35(16-23-7-4-14-39-23)28(38)24-8-1-2-9-25(24)32/h1-3,5-6,8-13,15,17,23H,4,7,14,16,18H2,(H,33,34,37)/t23-/m0/s1. The molecule has 5 rings (SSSR count). The Balaban J connectivity index is 1.43. The molecule has 0 unspecified atom stereocenters. The van der Waals surface area contributed by atoms with Gasteiger partial charge >= 0.3 is 0 Å². The van der Waals surface area contributed by atoms with Crippen molar-refractivity contribution in [3.63, 3.8) is 0 Å². The zero-order valence-corrected chi connectivity index (χ0v) is 22.3. The van der Waals surface area contributed by atoms with Gasteiger partial charge < -0.3 is 9.64 Å². The third-order valence-electron chi connectivity index (χ3n) is 6.36. The predicted molar refractivity (Wildman–Crippen MR) is 149 cm³/mol. The van der Waals surface area contributed by atoms with E-state index in [9.17, 15) is 14.0 Å². The van der Waals surface area contributed by atoms with Crippen molar-refractivity contribution in [3.8, 4) is 16.9 Å². The average molecular weight is 567 g/mol. The Bertz CT molecular complexity index is 1490. The van der Waals surface area contributed by atoms with Crippen molar-refractivity contribution in [2.24, 2.45) is 0 Å². The summed E-state index contributed by atoms with van der Waals surface area (Å²) < 4.78 is 21.8. The van der Waals surface area contributed by atoms with Crippen LogP contribution in [0.1, 0.15) is 23.2 Å². The largest absolute Gasteiger partial charge is 0.376 e. The van der Waals surface area contributed by atoms with E-state index in [1.54, 1.807) is 47.2 Å². The van der Waals surface area contributed by atoms with Crippen molar-refractivity contribution >= 4 is 41.0 Å². The summed E-state index contributed by atoms with van der Waals surface area (Å²) in [7, 11) is 0. The van der Waals surface area contributed by atoms with Gasteiger partial charge in [-0.2, -0.15) is 0 Å². The molecule has 0 radical (unpaired) electrons. The summed E-state index contributed by atoms with van der Waals surface area (Å²) >= 11 is 12.3. The van der Waals surface area contributed by atoms with Crippen molar-refractivity contribution in [2.75, 3.05) is 25.0 Å². The SMILES string of the molecule is O=C(CN(C[C@@H]1CCCO1)C(=O)c1ccccc1F)Nc1nc(-c2ccc(Cl)cc2)cn1-c1cccc(Cl)c1. The quantitative estimate of drug-likeness (QED) is 0.273. The third-order valence-corrected chi connectivity index (χ3v) is 6.84. The minimum absolute atomic E-state index is 0.103. The summed E-state index contributed by atoms with van der Waals surface area (Å²) in [5.41, 5.74) is 1.98. The van der Waals surface area contributed by atoms with Crippen molar-refractivity contribution in [2.45, 2.75) is 18.9 Å². The Labute approximate surface area is 235 Å². The Kier molecular flexibility index (Phi) is 8.26. The highest BCUT2D eigenvalue weighted by Gasteiger charge is 2.27. The fraction of sp³-hybridized carbons (Fsp3) is 0.207. The number of hydrogen-bond acceptors (Lipinski definition) is 4. The number of halogens is 3. The zero-order valence-electron chi connectivity index (χ0n) is 20.8. The smallest absolute Gasteiger partial charge is 0.257 e. The average Bonchev–Trinajstić information content (AvgIpc) is 3.59. The van der Waals surface area contributed by atoms with Crippen molar-refractivity contribution < 1.29 is 18.7 Å². The van der Waals surface area contributed by atoms with Gasteiger partial charge in [0, 0.05) is 40.6 Å². The molecule has 2 amide bonds. The number of aromatic nitrogens is 2. The van der Waals surface area contributed by atoms with Crippen LogP contribution in [0.15, 0.2) is 79.0 Å². The molecule has 39 heavy (non-hydrogen) atoms. The van der Waals surface area contributed by atoms with Gasteiger partial charge in [-0.3, -0.25) is 19.5 Å². The maximum atomic E-state index is 14.4. The molecule has 4 aromatic rings. The first-order chi connectivity index (χ1) is 18.9. The van der Waals surface area contributed by atoms with Gasteiger partial charge in [0.2, 0.25) is 11.9 Å². The predicted octanol–water partition coefficient (Wildman–Crippen LogP) is 6.25. The maximum Gasteiger partial charge on any atom is 0.257 e. The minimum Gasteiger partial charge on any atom is -0.376 e. The fourth-order valence-electron chi connectivity index (χ4n) is 4.45. The third kappa shape index (κ3) is 6.47. The van der Waals surface area contributed by atoms with Gasteiger partial charge in [-0.15, -0.1) is 0 Å². The molecule has 1 aliphatic heterocycles. The monoisotopic (exact) mass is 566 g/mol. The lowest BCUT2D eigenvalue weighted by molar-refractivity contribution is -0.117. The summed E-state index contributed by atoms with van der Waals surface area (Å²) in [4.78, 5) is 32.6. The lowest BCUT2D eigenvalue weighted by Crippen LogP contribution is -2.42. The number of nitrogens with zero attached hydrogens (tertiary/aromatic N) is 3. The second-order valence-electron chi connectivity index (χ2n) is 9.16. The van der Waals surface area contributed by atoms with E-state index in [0.717, 1.165) is 18.4 Å². The second-order valence-corrected chi connectivity index (χ2v) is 10.0. The van der Waals surface area contributed by atoms with Crippen LogP contribution in [0.3, 0.4) is 0 Å². The van der Waals surface area contributed by atoms with Crippen molar-refractivity contribution in [1.29, 1.82) is 0 Å². The molecule has 0 spiro atoms. The van der Waals surface area contributed by atoms with Gasteiger partial charge in [-0.1, -0.05) is 53.5 Å². The molecule has 1 N–H and O–H groups in total. The molecule has 0 bridgehead atoms. The van der Waals surface area contributed by atoms with Crippen LogP contribution in [0.25, 0.3) is 16.9 Å². The summed E-state index contributed by atoms with van der Waals surface area (Å²) in [6.07, 6.45) is 3.17. The highest BCUT2D eigenvalue weighted by Crippen LogP contribution is 2.27. The molecule has 1 saturated heterocycles. The molecule has 1 aromatic heterocycles. The molecule has 1 atom stereocenters. The van der Waals surface area contributed by atoms with Crippen LogP contribution >= 0.6 is 23.2 Å². The highest BCUT2D eigenvalue weighted by atomic mass is 35.5. The molecule has 7 nitrogen and oxygen atoms in total. The number of hydrogen-bond donors (Lipinski definition) is 1. The first-order valence-electron chi connectivity index (χ1n) is 12.4. The number of ether oxygens (including phenoxy) is 1. The van der Waals surface area contributed by atoms with E-state index in [2.05, 4.69) is 10.3 Å². The highest BCUT2D eigenvalue weighted by molar-refractivity contribution is 6.31.